The molecule has 0 spiro atoms. The highest BCUT2D eigenvalue weighted by Crippen LogP contribution is 2.17. The molecule has 2 nitrogen and oxygen atoms in total. The molecule has 1 aromatic carbocycles. The predicted molar refractivity (Wildman–Crippen MR) is 48.3 cm³/mol. The Kier molecular flexibility index (Phi) is 2.08. The van der Waals surface area contributed by atoms with Crippen molar-refractivity contribution in [3.63, 3.8) is 0 Å². The highest BCUT2D eigenvalue weighted by atomic mass is 19.1. The van der Waals surface area contributed by atoms with Crippen LogP contribution in [0.15, 0.2) is 36.5 Å². The zero-order chi connectivity index (χ0) is 9.10. The van der Waals surface area contributed by atoms with Gasteiger partial charge in [-0.2, -0.15) is 0 Å². The van der Waals surface area contributed by atoms with Crippen LogP contribution in [0.4, 0.5) is 4.39 Å². The van der Waals surface area contributed by atoms with Crippen LogP contribution in [0.2, 0.25) is 0 Å². The summed E-state index contributed by atoms with van der Waals surface area (Å²) in [4.78, 5) is 4.11. The standard InChI is InChI=1S/C10H8FNO/c11-7-13-9-5-8-3-1-2-4-10(8)12-6-9/h1-6H,7H2. The van der Waals surface area contributed by atoms with Crippen molar-refractivity contribution in [3.05, 3.63) is 36.5 Å². The lowest BCUT2D eigenvalue weighted by atomic mass is 10.2. The summed E-state index contributed by atoms with van der Waals surface area (Å²) in [5.41, 5.74) is 0.883. The number of fused-ring (bicyclic) bond motifs is 1. The van der Waals surface area contributed by atoms with Gasteiger partial charge in [0.1, 0.15) is 5.75 Å². The minimum absolute atomic E-state index is 0.459. The molecule has 0 aliphatic carbocycles. The van der Waals surface area contributed by atoms with E-state index in [0.29, 0.717) is 5.75 Å². The van der Waals surface area contributed by atoms with Crippen LogP contribution >= 0.6 is 0 Å². The monoisotopic (exact) mass is 177 g/mol. The molecule has 1 aromatic heterocycles. The molecule has 0 N–H and O–H groups in total. The van der Waals surface area contributed by atoms with Crippen LogP contribution in [0.5, 0.6) is 5.75 Å². The molecule has 0 aliphatic heterocycles. The predicted octanol–water partition coefficient (Wildman–Crippen LogP) is 2.54. The van der Waals surface area contributed by atoms with E-state index in [9.17, 15) is 4.39 Å². The maximum Gasteiger partial charge on any atom is 0.228 e. The minimum Gasteiger partial charge on any atom is -0.461 e. The molecule has 0 saturated heterocycles. The first-order chi connectivity index (χ1) is 6.40. The largest absolute Gasteiger partial charge is 0.461 e. The molecule has 66 valence electrons. The van der Waals surface area contributed by atoms with E-state index in [1.165, 1.54) is 6.20 Å². The summed E-state index contributed by atoms with van der Waals surface area (Å²) in [6.07, 6.45) is 1.52. The highest BCUT2D eigenvalue weighted by molar-refractivity contribution is 5.79. The Morgan fingerprint density at radius 2 is 2.15 bits per heavy atom. The van der Waals surface area contributed by atoms with Gasteiger partial charge in [0.25, 0.3) is 0 Å². The van der Waals surface area contributed by atoms with Crippen LogP contribution in [0.1, 0.15) is 0 Å². The first-order valence-corrected chi connectivity index (χ1v) is 3.94. The Labute approximate surface area is 75.0 Å². The third-order valence-corrected chi connectivity index (χ3v) is 1.79. The molecular weight excluding hydrogens is 169 g/mol. The van der Waals surface area contributed by atoms with Crippen LogP contribution in [0.25, 0.3) is 10.9 Å². The fraction of sp³-hybridized carbons (Fsp3) is 0.100. The number of hydrogen-bond acceptors (Lipinski definition) is 2. The second-order valence-corrected chi connectivity index (χ2v) is 2.62. The lowest BCUT2D eigenvalue weighted by Gasteiger charge is -2.01. The lowest BCUT2D eigenvalue weighted by Crippen LogP contribution is -1.90. The Bertz CT molecular complexity index is 416. The van der Waals surface area contributed by atoms with Gasteiger partial charge in [0.05, 0.1) is 11.7 Å². The minimum atomic E-state index is -0.819. The van der Waals surface area contributed by atoms with E-state index in [4.69, 9.17) is 0 Å². The summed E-state index contributed by atoms with van der Waals surface area (Å²) < 4.78 is 16.5. The van der Waals surface area contributed by atoms with E-state index in [1.54, 1.807) is 6.07 Å². The maximum absolute atomic E-state index is 11.8. The number of para-hydroxylation sites is 1. The Morgan fingerprint density at radius 3 is 3.00 bits per heavy atom. The zero-order valence-corrected chi connectivity index (χ0v) is 6.90. The number of rotatable bonds is 2. The molecule has 0 unspecified atom stereocenters. The molecule has 0 radical (unpaired) electrons. The second kappa shape index (κ2) is 3.39. The van der Waals surface area contributed by atoms with Crippen molar-refractivity contribution in [2.45, 2.75) is 0 Å². The van der Waals surface area contributed by atoms with Gasteiger partial charge in [-0.1, -0.05) is 18.2 Å². The molecule has 0 amide bonds. The average molecular weight is 177 g/mol. The summed E-state index contributed by atoms with van der Waals surface area (Å²) in [7, 11) is 0. The maximum atomic E-state index is 11.8. The van der Waals surface area contributed by atoms with Gasteiger partial charge >= 0.3 is 0 Å². The van der Waals surface area contributed by atoms with Gasteiger partial charge in [-0.3, -0.25) is 4.98 Å². The van der Waals surface area contributed by atoms with Crippen molar-refractivity contribution in [1.29, 1.82) is 0 Å². The summed E-state index contributed by atoms with van der Waals surface area (Å²) in [6, 6.07) is 9.39. The molecule has 0 atom stereocenters. The van der Waals surface area contributed by atoms with Gasteiger partial charge in [-0.15, -0.1) is 0 Å². The van der Waals surface area contributed by atoms with Crippen molar-refractivity contribution in [2.75, 3.05) is 6.86 Å². The topological polar surface area (TPSA) is 22.1 Å². The normalized spacial score (nSPS) is 10.2. The van der Waals surface area contributed by atoms with E-state index in [2.05, 4.69) is 9.72 Å². The number of benzene rings is 1. The third-order valence-electron chi connectivity index (χ3n) is 1.79. The lowest BCUT2D eigenvalue weighted by molar-refractivity contribution is 0.191. The van der Waals surface area contributed by atoms with E-state index in [1.807, 2.05) is 24.3 Å². The first-order valence-electron chi connectivity index (χ1n) is 3.94. The van der Waals surface area contributed by atoms with Crippen molar-refractivity contribution in [1.82, 2.24) is 4.98 Å². The Hall–Kier alpha value is -1.64. The molecule has 1 heterocycles. The van der Waals surface area contributed by atoms with Gasteiger partial charge in [-0.05, 0) is 12.1 Å². The fourth-order valence-corrected chi connectivity index (χ4v) is 1.19. The van der Waals surface area contributed by atoms with E-state index in [0.717, 1.165) is 10.9 Å². The van der Waals surface area contributed by atoms with Crippen LogP contribution in [0.3, 0.4) is 0 Å². The van der Waals surface area contributed by atoms with Gasteiger partial charge < -0.3 is 4.74 Å². The van der Waals surface area contributed by atoms with Crippen molar-refractivity contribution in [2.24, 2.45) is 0 Å². The summed E-state index contributed by atoms with van der Waals surface area (Å²) in [5.74, 6) is 0.459. The third kappa shape index (κ3) is 1.59. The van der Waals surface area contributed by atoms with E-state index in [-0.39, 0.29) is 0 Å². The molecule has 3 heteroatoms. The smallest absolute Gasteiger partial charge is 0.228 e. The molecule has 13 heavy (non-hydrogen) atoms. The SMILES string of the molecule is FCOc1cnc2ccccc2c1. The summed E-state index contributed by atoms with van der Waals surface area (Å²) in [5, 5.41) is 0.952. The number of hydrogen-bond donors (Lipinski definition) is 0. The number of aromatic nitrogens is 1. The molecule has 0 bridgehead atoms. The molecule has 2 aromatic rings. The summed E-state index contributed by atoms with van der Waals surface area (Å²) >= 11 is 0. The quantitative estimate of drug-likeness (QED) is 0.703. The van der Waals surface area contributed by atoms with E-state index >= 15 is 0 Å². The van der Waals surface area contributed by atoms with Gasteiger partial charge in [0.15, 0.2) is 0 Å². The van der Waals surface area contributed by atoms with Gasteiger partial charge in [-0.25, -0.2) is 4.39 Å². The van der Waals surface area contributed by atoms with Crippen LogP contribution in [-0.4, -0.2) is 11.8 Å². The van der Waals surface area contributed by atoms with Crippen molar-refractivity contribution in [3.8, 4) is 5.75 Å². The number of ether oxygens (including phenoxy) is 1. The highest BCUT2D eigenvalue weighted by Gasteiger charge is 1.96. The molecular formula is C10H8FNO. The van der Waals surface area contributed by atoms with Crippen LogP contribution < -0.4 is 4.74 Å². The second-order valence-electron chi connectivity index (χ2n) is 2.62. The number of alkyl halides is 1. The number of pyridine rings is 1. The Morgan fingerprint density at radius 1 is 1.31 bits per heavy atom. The number of nitrogens with zero attached hydrogens (tertiary/aromatic N) is 1. The van der Waals surface area contributed by atoms with Gasteiger partial charge in [0, 0.05) is 5.39 Å². The van der Waals surface area contributed by atoms with Crippen LogP contribution in [0, 0.1) is 0 Å². The average Bonchev–Trinajstić information content (AvgIpc) is 2.18. The molecule has 2 rings (SSSR count). The van der Waals surface area contributed by atoms with E-state index < -0.39 is 6.86 Å². The summed E-state index contributed by atoms with van der Waals surface area (Å²) in [6.45, 7) is -0.819. The first kappa shape index (κ1) is 7.98. The molecule has 0 aliphatic rings. The van der Waals surface area contributed by atoms with Crippen molar-refractivity contribution >= 4 is 10.9 Å². The van der Waals surface area contributed by atoms with Gasteiger partial charge in [0.2, 0.25) is 6.86 Å². The fourth-order valence-electron chi connectivity index (χ4n) is 1.19. The van der Waals surface area contributed by atoms with Crippen LogP contribution in [-0.2, 0) is 0 Å². The number of halogens is 1. The molecule has 0 fully saturated rings. The zero-order valence-electron chi connectivity index (χ0n) is 6.90. The Balaban J connectivity index is 2.49. The van der Waals surface area contributed by atoms with Crippen molar-refractivity contribution < 1.29 is 9.13 Å². The molecule has 0 saturated carbocycles.